The van der Waals surface area contributed by atoms with E-state index in [0.29, 0.717) is 5.58 Å². The zero-order valence-corrected chi connectivity index (χ0v) is 10.5. The highest BCUT2D eigenvalue weighted by Gasteiger charge is 2.35. The maximum atomic E-state index is 11.2. The predicted octanol–water partition coefficient (Wildman–Crippen LogP) is 2.96. The zero-order chi connectivity index (χ0) is 12.6. The van der Waals surface area contributed by atoms with Crippen molar-refractivity contribution in [2.45, 2.75) is 31.2 Å². The van der Waals surface area contributed by atoms with Crippen molar-refractivity contribution in [3.05, 3.63) is 33.5 Å². The molecule has 0 aliphatic heterocycles. The molecule has 0 radical (unpaired) electrons. The monoisotopic (exact) mass is 261 g/mol. The largest absolute Gasteiger partial charge is 0.414 e. The van der Waals surface area contributed by atoms with Gasteiger partial charge in [0, 0.05) is 0 Å². The summed E-state index contributed by atoms with van der Waals surface area (Å²) in [6, 6.07) is 5.59. The second-order valence-corrected chi connectivity index (χ2v) is 5.53. The maximum Gasteiger partial charge on any atom is 0.396 e. The molecule has 0 atom stereocenters. The summed E-state index contributed by atoms with van der Waals surface area (Å²) in [5.74, 6) is 0. The van der Waals surface area contributed by atoms with Gasteiger partial charge in [-0.1, -0.05) is 30.2 Å². The van der Waals surface area contributed by atoms with Crippen molar-refractivity contribution >= 4 is 27.7 Å². The van der Waals surface area contributed by atoms with Crippen LogP contribution in [-0.4, -0.2) is 6.08 Å². The Bertz CT molecular complexity index is 688. The van der Waals surface area contributed by atoms with Gasteiger partial charge in [-0.2, -0.15) is 4.99 Å². The first-order valence-corrected chi connectivity index (χ1v) is 6.68. The van der Waals surface area contributed by atoms with E-state index in [0.717, 1.165) is 47.3 Å². The molecule has 1 fully saturated rings. The van der Waals surface area contributed by atoms with E-state index in [4.69, 9.17) is 4.42 Å². The fraction of sp³-hybridized carbons (Fsp3) is 0.385. The Labute approximate surface area is 107 Å². The van der Waals surface area contributed by atoms with E-state index in [2.05, 4.69) is 4.99 Å². The van der Waals surface area contributed by atoms with Gasteiger partial charge in [-0.25, -0.2) is 9.59 Å². The Morgan fingerprint density at radius 1 is 1.33 bits per heavy atom. The molecule has 5 heteroatoms. The Hall–Kier alpha value is -1.71. The van der Waals surface area contributed by atoms with E-state index in [-0.39, 0.29) is 4.94 Å². The maximum absolute atomic E-state index is 11.2. The molecule has 92 valence electrons. The fourth-order valence-corrected chi connectivity index (χ4v) is 3.38. The average Bonchev–Trinajstić information content (AvgIpc) is 2.94. The third-order valence-electron chi connectivity index (χ3n) is 3.56. The minimum absolute atomic E-state index is 0.304. The van der Waals surface area contributed by atoms with E-state index in [1.54, 1.807) is 12.1 Å². The van der Waals surface area contributed by atoms with Crippen LogP contribution in [0.5, 0.6) is 0 Å². The molecule has 4 nitrogen and oxygen atoms in total. The van der Waals surface area contributed by atoms with Crippen molar-refractivity contribution in [2.75, 3.05) is 0 Å². The molecule has 1 aromatic heterocycles. The molecule has 2 aromatic rings. The SMILES string of the molecule is O=C=NC1(c2ccc3oc(=O)sc3c2)CCCC1. The van der Waals surface area contributed by atoms with Crippen LogP contribution in [0.1, 0.15) is 31.2 Å². The highest BCUT2D eigenvalue weighted by molar-refractivity contribution is 7.16. The number of nitrogens with zero attached hydrogens (tertiary/aromatic N) is 1. The van der Waals surface area contributed by atoms with Crippen molar-refractivity contribution in [2.24, 2.45) is 4.99 Å². The summed E-state index contributed by atoms with van der Waals surface area (Å²) in [5.41, 5.74) is 1.13. The molecular weight excluding hydrogens is 250 g/mol. The lowest BCUT2D eigenvalue weighted by Crippen LogP contribution is -2.18. The van der Waals surface area contributed by atoms with Crippen LogP contribution in [0.15, 0.2) is 32.4 Å². The zero-order valence-electron chi connectivity index (χ0n) is 9.64. The minimum atomic E-state index is -0.441. The van der Waals surface area contributed by atoms with Gasteiger partial charge in [0.15, 0.2) is 0 Å². The summed E-state index contributed by atoms with van der Waals surface area (Å²) >= 11 is 1.08. The summed E-state index contributed by atoms with van der Waals surface area (Å²) in [6.07, 6.45) is 5.54. The molecule has 18 heavy (non-hydrogen) atoms. The van der Waals surface area contributed by atoms with Crippen LogP contribution in [0, 0.1) is 0 Å². The number of fused-ring (bicyclic) bond motifs is 1. The Morgan fingerprint density at radius 2 is 2.11 bits per heavy atom. The smallest absolute Gasteiger partial charge is 0.396 e. The average molecular weight is 261 g/mol. The molecule has 1 aromatic carbocycles. The molecule has 1 aliphatic rings. The highest BCUT2D eigenvalue weighted by Crippen LogP contribution is 2.42. The van der Waals surface area contributed by atoms with E-state index >= 15 is 0 Å². The highest BCUT2D eigenvalue weighted by atomic mass is 32.1. The van der Waals surface area contributed by atoms with Crippen LogP contribution in [0.2, 0.25) is 0 Å². The summed E-state index contributed by atoms with van der Waals surface area (Å²) in [4.78, 5) is 25.6. The number of benzene rings is 1. The van der Waals surface area contributed by atoms with Gasteiger partial charge in [-0.3, -0.25) is 0 Å². The Balaban J connectivity index is 2.17. The lowest BCUT2D eigenvalue weighted by Gasteiger charge is -2.22. The first-order chi connectivity index (χ1) is 8.73. The molecule has 0 bridgehead atoms. The van der Waals surface area contributed by atoms with Gasteiger partial charge < -0.3 is 4.42 Å². The van der Waals surface area contributed by atoms with Gasteiger partial charge in [-0.05, 0) is 30.5 Å². The van der Waals surface area contributed by atoms with Gasteiger partial charge in [-0.15, -0.1) is 0 Å². The topological polar surface area (TPSA) is 59.6 Å². The van der Waals surface area contributed by atoms with Gasteiger partial charge in [0.1, 0.15) is 5.58 Å². The molecule has 3 rings (SSSR count). The normalized spacial score (nSPS) is 17.8. The van der Waals surface area contributed by atoms with Crippen LogP contribution < -0.4 is 4.94 Å². The molecule has 0 amide bonds. The first kappa shape index (κ1) is 11.4. The van der Waals surface area contributed by atoms with Gasteiger partial charge in [0.25, 0.3) is 0 Å². The fourth-order valence-electron chi connectivity index (χ4n) is 2.67. The minimum Gasteiger partial charge on any atom is -0.414 e. The van der Waals surface area contributed by atoms with Gasteiger partial charge in [0.05, 0.1) is 10.2 Å². The summed E-state index contributed by atoms with van der Waals surface area (Å²) < 4.78 is 5.84. The van der Waals surface area contributed by atoms with E-state index in [1.165, 1.54) is 0 Å². The molecule has 0 N–H and O–H groups in total. The van der Waals surface area contributed by atoms with Crippen LogP contribution >= 0.6 is 11.3 Å². The molecule has 1 heterocycles. The molecule has 0 unspecified atom stereocenters. The number of carbonyl (C=O) groups excluding carboxylic acids is 1. The number of hydrogen-bond donors (Lipinski definition) is 0. The van der Waals surface area contributed by atoms with Gasteiger partial charge in [0.2, 0.25) is 6.08 Å². The van der Waals surface area contributed by atoms with Crippen LogP contribution in [0.4, 0.5) is 0 Å². The third-order valence-corrected chi connectivity index (χ3v) is 4.35. The van der Waals surface area contributed by atoms with Crippen LogP contribution in [-0.2, 0) is 10.3 Å². The number of aliphatic imine (C=N–C) groups is 1. The van der Waals surface area contributed by atoms with Gasteiger partial charge >= 0.3 is 4.94 Å². The quantitative estimate of drug-likeness (QED) is 0.616. The van der Waals surface area contributed by atoms with E-state index in [1.807, 2.05) is 12.1 Å². The Kier molecular flexibility index (Phi) is 2.65. The number of isocyanates is 1. The molecule has 1 aliphatic carbocycles. The van der Waals surface area contributed by atoms with Crippen molar-refractivity contribution in [3.63, 3.8) is 0 Å². The molecule has 0 spiro atoms. The standard InChI is InChI=1S/C13H11NO3S/c15-8-14-13(5-1-2-6-13)9-3-4-10-11(7-9)18-12(16)17-10/h3-4,7H,1-2,5-6H2. The second kappa shape index (κ2) is 4.19. The summed E-state index contributed by atoms with van der Waals surface area (Å²) in [7, 11) is 0. The lowest BCUT2D eigenvalue weighted by molar-refractivity contribution is 0.456. The van der Waals surface area contributed by atoms with Crippen molar-refractivity contribution in [1.82, 2.24) is 0 Å². The van der Waals surface area contributed by atoms with E-state index in [9.17, 15) is 9.59 Å². The molecule has 1 saturated carbocycles. The summed E-state index contributed by atoms with van der Waals surface area (Å²) in [5, 5.41) is 0. The van der Waals surface area contributed by atoms with Crippen molar-refractivity contribution < 1.29 is 9.21 Å². The van der Waals surface area contributed by atoms with Crippen LogP contribution in [0.25, 0.3) is 10.3 Å². The number of hydrogen-bond acceptors (Lipinski definition) is 5. The Morgan fingerprint density at radius 3 is 2.83 bits per heavy atom. The van der Waals surface area contributed by atoms with Crippen molar-refractivity contribution in [1.29, 1.82) is 0 Å². The lowest BCUT2D eigenvalue weighted by atomic mass is 9.89. The van der Waals surface area contributed by atoms with Crippen molar-refractivity contribution in [3.8, 4) is 0 Å². The summed E-state index contributed by atoms with van der Waals surface area (Å²) in [6.45, 7) is 0. The molecule has 0 saturated heterocycles. The second-order valence-electron chi connectivity index (χ2n) is 4.56. The van der Waals surface area contributed by atoms with E-state index < -0.39 is 5.54 Å². The number of rotatable bonds is 2. The molecular formula is C13H11NO3S. The predicted molar refractivity (Wildman–Crippen MR) is 68.6 cm³/mol. The third kappa shape index (κ3) is 1.72. The first-order valence-electron chi connectivity index (χ1n) is 5.87. The van der Waals surface area contributed by atoms with Crippen LogP contribution in [0.3, 0.4) is 0 Å².